The van der Waals surface area contributed by atoms with E-state index >= 15 is 0 Å². The van der Waals surface area contributed by atoms with Crippen LogP contribution in [0.1, 0.15) is 35.7 Å². The topological polar surface area (TPSA) is 52.3 Å². The second-order valence-electron chi connectivity index (χ2n) is 3.83. The summed E-state index contributed by atoms with van der Waals surface area (Å²) in [5.74, 6) is -0.289. The number of benzene rings is 1. The predicted octanol–water partition coefficient (Wildman–Crippen LogP) is 2.47. The van der Waals surface area contributed by atoms with Crippen molar-refractivity contribution in [2.75, 3.05) is 6.61 Å². The Bertz CT molecular complexity index is 404. The number of rotatable bonds is 6. The minimum atomic E-state index is -0.289. The van der Waals surface area contributed by atoms with E-state index in [0.717, 1.165) is 18.4 Å². The molecule has 0 aliphatic heterocycles. The average Bonchev–Trinajstić information content (AvgIpc) is 2.28. The van der Waals surface area contributed by atoms with Crippen LogP contribution < -0.4 is 5.73 Å². The molecule has 0 heterocycles. The van der Waals surface area contributed by atoms with Crippen LogP contribution in [0.15, 0.2) is 24.3 Å². The molecule has 0 unspecified atom stereocenters. The lowest BCUT2D eigenvalue weighted by Crippen LogP contribution is -2.12. The smallest absolute Gasteiger partial charge is 0.338 e. The van der Waals surface area contributed by atoms with Crippen LogP contribution in [-0.2, 0) is 11.2 Å². The van der Waals surface area contributed by atoms with E-state index in [9.17, 15) is 4.79 Å². The van der Waals surface area contributed by atoms with Crippen LogP contribution in [0.25, 0.3) is 0 Å². The Balaban J connectivity index is 2.63. The molecular formula is C13H17NO2S. The highest BCUT2D eigenvalue weighted by Gasteiger charge is 2.07. The van der Waals surface area contributed by atoms with Crippen molar-refractivity contribution in [3.8, 4) is 0 Å². The average molecular weight is 251 g/mol. The number of ether oxygens (including phenoxy) is 1. The van der Waals surface area contributed by atoms with Gasteiger partial charge >= 0.3 is 5.97 Å². The Morgan fingerprint density at radius 1 is 1.47 bits per heavy atom. The van der Waals surface area contributed by atoms with E-state index < -0.39 is 0 Å². The van der Waals surface area contributed by atoms with Gasteiger partial charge in [-0.2, -0.15) is 0 Å². The first kappa shape index (κ1) is 13.6. The Labute approximate surface area is 107 Å². The number of unbranched alkanes of at least 4 members (excludes halogenated alkanes) is 1. The van der Waals surface area contributed by atoms with E-state index in [1.54, 1.807) is 12.1 Å². The highest BCUT2D eigenvalue weighted by molar-refractivity contribution is 7.80. The SMILES string of the molecule is CCCCOC(=O)c1cccc(CC(N)=S)c1. The lowest BCUT2D eigenvalue weighted by atomic mass is 10.1. The van der Waals surface area contributed by atoms with Gasteiger partial charge in [0.25, 0.3) is 0 Å². The fourth-order valence-corrected chi connectivity index (χ4v) is 1.57. The summed E-state index contributed by atoms with van der Waals surface area (Å²) in [4.78, 5) is 12.1. The largest absolute Gasteiger partial charge is 0.462 e. The number of carbonyl (C=O) groups is 1. The zero-order chi connectivity index (χ0) is 12.7. The van der Waals surface area contributed by atoms with E-state index in [-0.39, 0.29) is 5.97 Å². The summed E-state index contributed by atoms with van der Waals surface area (Å²) in [6.45, 7) is 2.52. The normalized spacial score (nSPS) is 9.94. The van der Waals surface area contributed by atoms with Gasteiger partial charge in [-0.25, -0.2) is 4.79 Å². The molecule has 1 aromatic rings. The van der Waals surface area contributed by atoms with Gasteiger partial charge in [0.15, 0.2) is 0 Å². The summed E-state index contributed by atoms with van der Waals surface area (Å²) in [6, 6.07) is 7.21. The summed E-state index contributed by atoms with van der Waals surface area (Å²) in [5, 5.41) is 0. The van der Waals surface area contributed by atoms with Crippen molar-refractivity contribution < 1.29 is 9.53 Å². The Morgan fingerprint density at radius 2 is 2.24 bits per heavy atom. The molecule has 1 rings (SSSR count). The van der Waals surface area contributed by atoms with Crippen LogP contribution in [-0.4, -0.2) is 17.6 Å². The number of carbonyl (C=O) groups excluding carboxylic acids is 1. The van der Waals surface area contributed by atoms with Crippen molar-refractivity contribution >= 4 is 23.2 Å². The van der Waals surface area contributed by atoms with E-state index in [1.165, 1.54) is 0 Å². The lowest BCUT2D eigenvalue weighted by Gasteiger charge is -2.05. The van der Waals surface area contributed by atoms with E-state index in [1.807, 2.05) is 12.1 Å². The first-order valence-corrected chi connectivity index (χ1v) is 6.08. The maximum atomic E-state index is 11.7. The van der Waals surface area contributed by atoms with Crippen LogP contribution in [0.3, 0.4) is 0 Å². The summed E-state index contributed by atoms with van der Waals surface area (Å²) >= 11 is 4.83. The van der Waals surface area contributed by atoms with Gasteiger partial charge < -0.3 is 10.5 Å². The highest BCUT2D eigenvalue weighted by Crippen LogP contribution is 2.08. The number of thiocarbonyl (C=S) groups is 1. The van der Waals surface area contributed by atoms with Crippen LogP contribution in [0.2, 0.25) is 0 Å². The zero-order valence-corrected chi connectivity index (χ0v) is 10.8. The molecule has 0 aromatic heterocycles. The molecule has 0 amide bonds. The van der Waals surface area contributed by atoms with Crippen molar-refractivity contribution in [3.63, 3.8) is 0 Å². The van der Waals surface area contributed by atoms with Crippen LogP contribution >= 0.6 is 12.2 Å². The number of hydrogen-bond donors (Lipinski definition) is 1. The van der Waals surface area contributed by atoms with Crippen molar-refractivity contribution in [3.05, 3.63) is 35.4 Å². The molecule has 0 atom stereocenters. The Morgan fingerprint density at radius 3 is 2.88 bits per heavy atom. The van der Waals surface area contributed by atoms with E-state index in [2.05, 4.69) is 6.92 Å². The Hall–Kier alpha value is -1.42. The number of hydrogen-bond acceptors (Lipinski definition) is 3. The van der Waals surface area contributed by atoms with Crippen LogP contribution in [0.4, 0.5) is 0 Å². The van der Waals surface area contributed by atoms with Gasteiger partial charge in [-0.3, -0.25) is 0 Å². The van der Waals surface area contributed by atoms with Crippen molar-refractivity contribution in [1.29, 1.82) is 0 Å². The molecule has 92 valence electrons. The molecule has 0 saturated heterocycles. The third-order valence-corrected chi connectivity index (χ3v) is 2.42. The third kappa shape index (κ3) is 4.95. The van der Waals surface area contributed by atoms with Gasteiger partial charge in [-0.1, -0.05) is 37.7 Å². The molecule has 0 bridgehead atoms. The monoisotopic (exact) mass is 251 g/mol. The summed E-state index contributed by atoms with van der Waals surface area (Å²) in [7, 11) is 0. The molecule has 0 aliphatic carbocycles. The summed E-state index contributed by atoms with van der Waals surface area (Å²) in [6.07, 6.45) is 2.40. The van der Waals surface area contributed by atoms with Crippen LogP contribution in [0, 0.1) is 0 Å². The maximum Gasteiger partial charge on any atom is 0.338 e. The fraction of sp³-hybridized carbons (Fsp3) is 0.385. The van der Waals surface area contributed by atoms with Crippen LogP contribution in [0.5, 0.6) is 0 Å². The molecule has 0 aliphatic rings. The molecule has 2 N–H and O–H groups in total. The molecule has 1 aromatic carbocycles. The number of esters is 1. The maximum absolute atomic E-state index is 11.7. The predicted molar refractivity (Wildman–Crippen MR) is 72.1 cm³/mol. The fourth-order valence-electron chi connectivity index (χ4n) is 1.40. The molecule has 17 heavy (non-hydrogen) atoms. The second-order valence-corrected chi connectivity index (χ2v) is 4.36. The van der Waals surface area contributed by atoms with Gasteiger partial charge in [0.1, 0.15) is 0 Å². The van der Waals surface area contributed by atoms with Crippen molar-refractivity contribution in [2.45, 2.75) is 26.2 Å². The van der Waals surface area contributed by atoms with Gasteiger partial charge in [-0.15, -0.1) is 0 Å². The quantitative estimate of drug-likeness (QED) is 0.479. The minimum Gasteiger partial charge on any atom is -0.462 e. The van der Waals surface area contributed by atoms with Gasteiger partial charge in [0.2, 0.25) is 0 Å². The molecule has 4 heteroatoms. The summed E-state index contributed by atoms with van der Waals surface area (Å²) in [5.41, 5.74) is 6.95. The molecule has 0 saturated carbocycles. The molecule has 0 spiro atoms. The van der Waals surface area contributed by atoms with E-state index in [0.29, 0.717) is 23.6 Å². The third-order valence-electron chi connectivity index (χ3n) is 2.27. The van der Waals surface area contributed by atoms with Gasteiger partial charge in [0, 0.05) is 6.42 Å². The number of nitrogens with two attached hydrogens (primary N) is 1. The van der Waals surface area contributed by atoms with Crippen molar-refractivity contribution in [1.82, 2.24) is 0 Å². The second kappa shape index (κ2) is 7.01. The van der Waals surface area contributed by atoms with E-state index in [4.69, 9.17) is 22.7 Å². The van der Waals surface area contributed by atoms with Gasteiger partial charge in [-0.05, 0) is 24.1 Å². The lowest BCUT2D eigenvalue weighted by molar-refractivity contribution is 0.0499. The molecule has 0 fully saturated rings. The zero-order valence-electron chi connectivity index (χ0n) is 9.94. The van der Waals surface area contributed by atoms with Gasteiger partial charge in [0.05, 0.1) is 17.2 Å². The summed E-state index contributed by atoms with van der Waals surface area (Å²) < 4.78 is 5.13. The molecule has 3 nitrogen and oxygen atoms in total. The minimum absolute atomic E-state index is 0.289. The standard InChI is InChI=1S/C13H17NO2S/c1-2-3-7-16-13(15)11-6-4-5-10(8-11)9-12(14)17/h4-6,8H,2-3,7,9H2,1H3,(H2,14,17). The first-order chi connectivity index (χ1) is 8.13. The molecular weight excluding hydrogens is 234 g/mol. The van der Waals surface area contributed by atoms with Crippen molar-refractivity contribution in [2.24, 2.45) is 5.73 Å². The molecule has 0 radical (unpaired) electrons. The Kier molecular flexibility index (Phi) is 5.63. The highest BCUT2D eigenvalue weighted by atomic mass is 32.1. The first-order valence-electron chi connectivity index (χ1n) is 5.68.